The van der Waals surface area contributed by atoms with Gasteiger partial charge in [-0.2, -0.15) is 0 Å². The van der Waals surface area contributed by atoms with Gasteiger partial charge in [0, 0.05) is 12.1 Å². The van der Waals surface area contributed by atoms with Crippen LogP contribution in [0.4, 0.5) is 0 Å². The molecular formula is C10H18ClNO. The molecule has 0 bridgehead atoms. The molecule has 0 spiro atoms. The van der Waals surface area contributed by atoms with Crippen molar-refractivity contribution in [3.05, 3.63) is 11.1 Å². The summed E-state index contributed by atoms with van der Waals surface area (Å²) >= 11 is 5.51. The second-order valence-corrected chi connectivity index (χ2v) is 3.87. The Morgan fingerprint density at radius 1 is 1.69 bits per heavy atom. The quantitative estimate of drug-likeness (QED) is 0.692. The molecule has 1 atom stereocenters. The number of hydrogen-bond donors (Lipinski definition) is 1. The van der Waals surface area contributed by atoms with Crippen molar-refractivity contribution in [1.82, 2.24) is 5.32 Å². The van der Waals surface area contributed by atoms with Gasteiger partial charge in [-0.1, -0.05) is 11.6 Å². The number of hydrogen-bond acceptors (Lipinski definition) is 2. The van der Waals surface area contributed by atoms with E-state index in [0.717, 1.165) is 24.6 Å². The highest BCUT2D eigenvalue weighted by molar-refractivity contribution is 6.25. The van der Waals surface area contributed by atoms with E-state index in [1.165, 1.54) is 19.4 Å². The fraction of sp³-hybridized carbons (Fsp3) is 0.800. The van der Waals surface area contributed by atoms with Crippen molar-refractivity contribution in [2.24, 2.45) is 5.92 Å². The third-order valence-electron chi connectivity index (χ3n) is 2.35. The molecule has 0 aliphatic carbocycles. The molecule has 0 amide bonds. The third kappa shape index (κ3) is 4.65. The van der Waals surface area contributed by atoms with E-state index < -0.39 is 0 Å². The van der Waals surface area contributed by atoms with Gasteiger partial charge in [-0.3, -0.25) is 0 Å². The Hall–Kier alpha value is -0.0500. The SMILES string of the molecule is CC(=CCl)COCCC1CCNC1. The van der Waals surface area contributed by atoms with Crippen LogP contribution >= 0.6 is 11.6 Å². The maximum Gasteiger partial charge on any atom is 0.0685 e. The first-order valence-electron chi connectivity index (χ1n) is 4.87. The number of halogens is 1. The molecule has 13 heavy (non-hydrogen) atoms. The second kappa shape index (κ2) is 6.41. The van der Waals surface area contributed by atoms with Gasteiger partial charge in [0.05, 0.1) is 6.61 Å². The van der Waals surface area contributed by atoms with Gasteiger partial charge in [0.2, 0.25) is 0 Å². The van der Waals surface area contributed by atoms with Crippen molar-refractivity contribution in [3.8, 4) is 0 Å². The summed E-state index contributed by atoms with van der Waals surface area (Å²) in [5, 5.41) is 3.35. The van der Waals surface area contributed by atoms with Gasteiger partial charge < -0.3 is 10.1 Å². The minimum absolute atomic E-state index is 0.670. The highest BCUT2D eigenvalue weighted by Gasteiger charge is 2.13. The summed E-state index contributed by atoms with van der Waals surface area (Å²) < 4.78 is 5.47. The maximum atomic E-state index is 5.51. The largest absolute Gasteiger partial charge is 0.377 e. The Kier molecular flexibility index (Phi) is 5.44. The Morgan fingerprint density at radius 3 is 3.15 bits per heavy atom. The predicted octanol–water partition coefficient (Wildman–Crippen LogP) is 2.15. The summed E-state index contributed by atoms with van der Waals surface area (Å²) in [7, 11) is 0. The Morgan fingerprint density at radius 2 is 2.54 bits per heavy atom. The molecule has 0 aromatic rings. The van der Waals surface area contributed by atoms with E-state index in [9.17, 15) is 0 Å². The summed E-state index contributed by atoms with van der Waals surface area (Å²) in [5.41, 5.74) is 2.67. The van der Waals surface area contributed by atoms with E-state index in [2.05, 4.69) is 5.32 Å². The maximum absolute atomic E-state index is 5.51. The van der Waals surface area contributed by atoms with Gasteiger partial charge in [0.25, 0.3) is 0 Å². The molecule has 0 aromatic carbocycles. The van der Waals surface area contributed by atoms with Crippen molar-refractivity contribution >= 4 is 11.6 Å². The fourth-order valence-corrected chi connectivity index (χ4v) is 1.54. The molecule has 0 aromatic heterocycles. The number of nitrogens with one attached hydrogen (secondary N) is 1. The van der Waals surface area contributed by atoms with E-state index in [-0.39, 0.29) is 0 Å². The highest BCUT2D eigenvalue weighted by atomic mass is 35.5. The van der Waals surface area contributed by atoms with E-state index >= 15 is 0 Å². The molecule has 0 radical (unpaired) electrons. The van der Waals surface area contributed by atoms with Crippen molar-refractivity contribution < 1.29 is 4.74 Å². The van der Waals surface area contributed by atoms with Gasteiger partial charge in [-0.15, -0.1) is 0 Å². The molecule has 3 heteroatoms. The zero-order valence-electron chi connectivity index (χ0n) is 8.18. The molecule has 1 rings (SSSR count). The predicted molar refractivity (Wildman–Crippen MR) is 56.0 cm³/mol. The molecule has 1 aliphatic rings. The van der Waals surface area contributed by atoms with Gasteiger partial charge in [0.15, 0.2) is 0 Å². The first-order valence-corrected chi connectivity index (χ1v) is 5.31. The lowest BCUT2D eigenvalue weighted by atomic mass is 10.1. The molecule has 1 heterocycles. The molecule has 2 nitrogen and oxygen atoms in total. The molecule has 1 unspecified atom stereocenters. The molecule has 0 saturated carbocycles. The monoisotopic (exact) mass is 203 g/mol. The van der Waals surface area contributed by atoms with Crippen molar-refractivity contribution in [1.29, 1.82) is 0 Å². The molecular weight excluding hydrogens is 186 g/mol. The van der Waals surface area contributed by atoms with Crippen LogP contribution in [-0.4, -0.2) is 26.3 Å². The minimum atomic E-state index is 0.670. The fourth-order valence-electron chi connectivity index (χ4n) is 1.48. The van der Waals surface area contributed by atoms with Crippen LogP contribution in [0.1, 0.15) is 19.8 Å². The number of ether oxygens (including phenoxy) is 1. The lowest BCUT2D eigenvalue weighted by molar-refractivity contribution is 0.142. The molecule has 1 fully saturated rings. The Labute approximate surface area is 85.3 Å². The average molecular weight is 204 g/mol. The summed E-state index contributed by atoms with van der Waals surface area (Å²) in [6, 6.07) is 0. The van der Waals surface area contributed by atoms with E-state index in [1.54, 1.807) is 5.54 Å². The lowest BCUT2D eigenvalue weighted by Crippen LogP contribution is -2.11. The lowest BCUT2D eigenvalue weighted by Gasteiger charge is -2.08. The van der Waals surface area contributed by atoms with Crippen LogP contribution in [0.25, 0.3) is 0 Å². The zero-order chi connectivity index (χ0) is 9.52. The molecule has 1 N–H and O–H groups in total. The van der Waals surface area contributed by atoms with Crippen LogP contribution in [0.15, 0.2) is 11.1 Å². The van der Waals surface area contributed by atoms with Gasteiger partial charge >= 0.3 is 0 Å². The van der Waals surface area contributed by atoms with Crippen molar-refractivity contribution in [2.45, 2.75) is 19.8 Å². The van der Waals surface area contributed by atoms with E-state index in [1.807, 2.05) is 6.92 Å². The van der Waals surface area contributed by atoms with Gasteiger partial charge in [-0.25, -0.2) is 0 Å². The van der Waals surface area contributed by atoms with Crippen molar-refractivity contribution in [3.63, 3.8) is 0 Å². The van der Waals surface area contributed by atoms with E-state index in [0.29, 0.717) is 6.61 Å². The third-order valence-corrected chi connectivity index (χ3v) is 2.72. The second-order valence-electron chi connectivity index (χ2n) is 3.66. The van der Waals surface area contributed by atoms with Crippen LogP contribution in [0.5, 0.6) is 0 Å². The molecule has 1 aliphatic heterocycles. The van der Waals surface area contributed by atoms with Crippen LogP contribution in [-0.2, 0) is 4.74 Å². The van der Waals surface area contributed by atoms with Crippen molar-refractivity contribution in [2.75, 3.05) is 26.3 Å². The first kappa shape index (κ1) is 11.0. The summed E-state index contributed by atoms with van der Waals surface area (Å²) in [5.74, 6) is 0.820. The Balaban J connectivity index is 1.94. The van der Waals surface area contributed by atoms with Crippen LogP contribution in [0.2, 0.25) is 0 Å². The standard InChI is InChI=1S/C10H18ClNO/c1-9(6-11)8-13-5-3-10-2-4-12-7-10/h6,10,12H,2-5,7-8H2,1H3. The normalized spacial score (nSPS) is 23.8. The number of rotatable bonds is 5. The zero-order valence-corrected chi connectivity index (χ0v) is 8.94. The highest BCUT2D eigenvalue weighted by Crippen LogP contribution is 2.11. The first-order chi connectivity index (χ1) is 6.33. The summed E-state index contributed by atoms with van der Waals surface area (Å²) in [6.45, 7) is 5.83. The van der Waals surface area contributed by atoms with E-state index in [4.69, 9.17) is 16.3 Å². The summed E-state index contributed by atoms with van der Waals surface area (Å²) in [6.07, 6.45) is 2.47. The smallest absolute Gasteiger partial charge is 0.0685 e. The Bertz CT molecular complexity index is 164. The topological polar surface area (TPSA) is 21.3 Å². The van der Waals surface area contributed by atoms with Crippen LogP contribution in [0, 0.1) is 5.92 Å². The van der Waals surface area contributed by atoms with Gasteiger partial charge in [0.1, 0.15) is 0 Å². The average Bonchev–Trinajstić information content (AvgIpc) is 2.64. The molecule has 76 valence electrons. The van der Waals surface area contributed by atoms with Crippen LogP contribution in [0.3, 0.4) is 0 Å². The van der Waals surface area contributed by atoms with Gasteiger partial charge in [-0.05, 0) is 44.3 Å². The van der Waals surface area contributed by atoms with Crippen LogP contribution < -0.4 is 5.32 Å². The summed E-state index contributed by atoms with van der Waals surface area (Å²) in [4.78, 5) is 0. The minimum Gasteiger partial charge on any atom is -0.377 e. The molecule has 1 saturated heterocycles.